The Balaban J connectivity index is 1.30. The van der Waals surface area contributed by atoms with Gasteiger partial charge in [-0.25, -0.2) is 0 Å². The first-order valence-corrected chi connectivity index (χ1v) is 12.4. The number of halogens is 2. The van der Waals surface area contributed by atoms with Crippen molar-refractivity contribution in [2.24, 2.45) is 0 Å². The minimum Gasteiger partial charge on any atom is -0.487 e. The van der Waals surface area contributed by atoms with Crippen LogP contribution in [0.15, 0.2) is 89.8 Å². The van der Waals surface area contributed by atoms with Gasteiger partial charge < -0.3 is 4.74 Å². The van der Waals surface area contributed by atoms with Crippen molar-refractivity contribution in [2.45, 2.75) is 13.2 Å². The highest BCUT2D eigenvalue weighted by molar-refractivity contribution is 8.18. The van der Waals surface area contributed by atoms with Gasteiger partial charge in [0.05, 0.1) is 16.5 Å². The van der Waals surface area contributed by atoms with Crippen molar-refractivity contribution in [1.82, 2.24) is 4.90 Å². The van der Waals surface area contributed by atoms with Gasteiger partial charge in [0.15, 0.2) is 0 Å². The monoisotopic (exact) mass is 519 g/mol. The molecule has 174 valence electrons. The second kappa shape index (κ2) is 10.2. The lowest BCUT2D eigenvalue weighted by Gasteiger charge is -2.14. The number of imide groups is 1. The third-order valence-electron chi connectivity index (χ3n) is 5.64. The van der Waals surface area contributed by atoms with Crippen molar-refractivity contribution >= 4 is 63.0 Å². The number of hydrogen-bond donors (Lipinski definition) is 0. The van der Waals surface area contributed by atoms with E-state index in [1.807, 2.05) is 60.7 Å². The van der Waals surface area contributed by atoms with Gasteiger partial charge in [0.25, 0.3) is 11.1 Å². The predicted octanol–water partition coefficient (Wildman–Crippen LogP) is 7.96. The molecule has 0 aromatic heterocycles. The molecule has 0 spiro atoms. The highest BCUT2D eigenvalue weighted by atomic mass is 35.5. The fraction of sp³-hybridized carbons (Fsp3) is 0.0714. The summed E-state index contributed by atoms with van der Waals surface area (Å²) in [5, 5.41) is 2.89. The second-order valence-corrected chi connectivity index (χ2v) is 9.85. The first-order chi connectivity index (χ1) is 17.0. The van der Waals surface area contributed by atoms with Crippen molar-refractivity contribution in [2.75, 3.05) is 0 Å². The minimum atomic E-state index is -0.313. The number of fused-ring (bicyclic) bond motifs is 1. The van der Waals surface area contributed by atoms with Crippen LogP contribution in [0.5, 0.6) is 5.75 Å². The Morgan fingerprint density at radius 2 is 1.66 bits per heavy atom. The molecular formula is C28H19Cl2NO3S. The third-order valence-corrected chi connectivity index (χ3v) is 7.10. The van der Waals surface area contributed by atoms with E-state index in [9.17, 15) is 9.59 Å². The van der Waals surface area contributed by atoms with Gasteiger partial charge in [0, 0.05) is 5.02 Å². The highest BCUT2D eigenvalue weighted by Gasteiger charge is 2.35. The summed E-state index contributed by atoms with van der Waals surface area (Å²) in [4.78, 5) is 27.3. The van der Waals surface area contributed by atoms with E-state index in [0.717, 1.165) is 33.7 Å². The maximum atomic E-state index is 13.0. The van der Waals surface area contributed by atoms with Crippen molar-refractivity contribution in [1.29, 1.82) is 0 Å². The lowest BCUT2D eigenvalue weighted by Crippen LogP contribution is -2.27. The molecule has 1 aliphatic heterocycles. The van der Waals surface area contributed by atoms with Crippen LogP contribution in [0.25, 0.3) is 16.8 Å². The number of thioether (sulfide) groups is 1. The first kappa shape index (κ1) is 23.5. The Kier molecular flexibility index (Phi) is 6.82. The van der Waals surface area contributed by atoms with Crippen LogP contribution in [-0.4, -0.2) is 16.0 Å². The minimum absolute atomic E-state index is 0.224. The zero-order valence-corrected chi connectivity index (χ0v) is 20.7. The normalized spacial score (nSPS) is 14.8. The molecule has 4 nitrogen and oxygen atoms in total. The standard InChI is InChI=1S/C28H19Cl2NO3S/c29-22-11-8-18(9-12-22)17-34-25-13-10-19(14-24(25)30)15-26-27(32)31(28(33)35-26)16-21-6-3-5-20-4-1-2-7-23(20)21/h1-15H,16-17H2/b26-15-. The lowest BCUT2D eigenvalue weighted by molar-refractivity contribution is -0.123. The molecule has 1 saturated heterocycles. The Labute approximate surface area is 217 Å². The molecule has 2 amide bonds. The number of nitrogens with zero attached hydrogens (tertiary/aromatic N) is 1. The van der Waals surface area contributed by atoms with E-state index in [1.165, 1.54) is 4.90 Å². The van der Waals surface area contributed by atoms with Gasteiger partial charge in [-0.2, -0.15) is 0 Å². The SMILES string of the molecule is O=C1S/C(=C\c2ccc(OCc3ccc(Cl)cc3)c(Cl)c2)C(=O)N1Cc1cccc2ccccc12. The number of hydrogen-bond acceptors (Lipinski definition) is 4. The molecule has 4 aromatic rings. The maximum Gasteiger partial charge on any atom is 0.293 e. The van der Waals surface area contributed by atoms with Gasteiger partial charge in [0.1, 0.15) is 12.4 Å². The van der Waals surface area contributed by atoms with E-state index in [4.69, 9.17) is 27.9 Å². The van der Waals surface area contributed by atoms with Crippen LogP contribution in [0, 0.1) is 0 Å². The molecule has 0 bridgehead atoms. The van der Waals surface area contributed by atoms with Crippen LogP contribution in [0.1, 0.15) is 16.7 Å². The largest absolute Gasteiger partial charge is 0.487 e. The lowest BCUT2D eigenvalue weighted by atomic mass is 10.0. The summed E-state index contributed by atoms with van der Waals surface area (Å²) in [5.41, 5.74) is 2.61. The molecule has 7 heteroatoms. The summed E-state index contributed by atoms with van der Waals surface area (Å²) in [7, 11) is 0. The van der Waals surface area contributed by atoms with Gasteiger partial charge in [-0.3, -0.25) is 14.5 Å². The molecule has 0 saturated carbocycles. The van der Waals surface area contributed by atoms with E-state index < -0.39 is 0 Å². The average molecular weight is 520 g/mol. The smallest absolute Gasteiger partial charge is 0.293 e. The van der Waals surface area contributed by atoms with Gasteiger partial charge in [-0.1, -0.05) is 83.9 Å². The van der Waals surface area contributed by atoms with Crippen LogP contribution in [0.3, 0.4) is 0 Å². The van der Waals surface area contributed by atoms with Crippen molar-refractivity contribution < 1.29 is 14.3 Å². The second-order valence-electron chi connectivity index (χ2n) is 8.01. The predicted molar refractivity (Wildman–Crippen MR) is 143 cm³/mol. The van der Waals surface area contributed by atoms with Crippen LogP contribution in [0.4, 0.5) is 4.79 Å². The number of ether oxygens (including phenoxy) is 1. The summed E-state index contributed by atoms with van der Waals surface area (Å²) in [6, 6.07) is 26.5. The highest BCUT2D eigenvalue weighted by Crippen LogP contribution is 2.35. The Hall–Kier alpha value is -3.25. The summed E-state index contributed by atoms with van der Waals surface area (Å²) in [5.74, 6) is 0.218. The van der Waals surface area contributed by atoms with Crippen LogP contribution >= 0.6 is 35.0 Å². The average Bonchev–Trinajstić information content (AvgIpc) is 3.12. The molecule has 1 fully saturated rings. The van der Waals surface area contributed by atoms with E-state index in [1.54, 1.807) is 30.3 Å². The van der Waals surface area contributed by atoms with E-state index in [0.29, 0.717) is 32.9 Å². The number of carbonyl (C=O) groups is 2. The molecule has 1 aliphatic rings. The van der Waals surface area contributed by atoms with Crippen LogP contribution in [0.2, 0.25) is 10.0 Å². The summed E-state index contributed by atoms with van der Waals surface area (Å²) in [6.07, 6.45) is 1.68. The topological polar surface area (TPSA) is 46.6 Å². The van der Waals surface area contributed by atoms with Gasteiger partial charge >= 0.3 is 0 Å². The molecule has 0 N–H and O–H groups in total. The third kappa shape index (κ3) is 5.22. The van der Waals surface area contributed by atoms with E-state index in [2.05, 4.69) is 0 Å². The van der Waals surface area contributed by atoms with E-state index in [-0.39, 0.29) is 17.7 Å². The van der Waals surface area contributed by atoms with Crippen LogP contribution < -0.4 is 4.74 Å². The fourth-order valence-electron chi connectivity index (χ4n) is 3.85. The van der Waals surface area contributed by atoms with Crippen molar-refractivity contribution in [3.8, 4) is 5.75 Å². The summed E-state index contributed by atoms with van der Waals surface area (Å²) in [6.45, 7) is 0.574. The first-order valence-electron chi connectivity index (χ1n) is 10.9. The molecular weight excluding hydrogens is 501 g/mol. The molecule has 5 rings (SSSR count). The molecule has 0 atom stereocenters. The Morgan fingerprint density at radius 3 is 2.46 bits per heavy atom. The van der Waals surface area contributed by atoms with Gasteiger partial charge in [0.2, 0.25) is 0 Å². The molecule has 0 aliphatic carbocycles. The molecule has 1 heterocycles. The zero-order chi connectivity index (χ0) is 24.4. The quantitative estimate of drug-likeness (QED) is 0.242. The van der Waals surface area contributed by atoms with Crippen molar-refractivity contribution in [3.63, 3.8) is 0 Å². The van der Waals surface area contributed by atoms with Crippen LogP contribution in [-0.2, 0) is 17.9 Å². The Morgan fingerprint density at radius 1 is 0.886 bits per heavy atom. The summed E-state index contributed by atoms with van der Waals surface area (Å²) >= 11 is 13.3. The molecule has 35 heavy (non-hydrogen) atoms. The molecule has 4 aromatic carbocycles. The molecule has 0 unspecified atom stereocenters. The molecule has 0 radical (unpaired) electrons. The number of rotatable bonds is 6. The van der Waals surface area contributed by atoms with Crippen molar-refractivity contribution in [3.05, 3.63) is 117 Å². The van der Waals surface area contributed by atoms with Gasteiger partial charge in [-0.05, 0) is 69.6 Å². The fourth-order valence-corrected chi connectivity index (χ4v) is 5.06. The van der Waals surface area contributed by atoms with E-state index >= 15 is 0 Å². The number of carbonyl (C=O) groups excluding carboxylic acids is 2. The number of benzene rings is 4. The number of amides is 2. The Bertz CT molecular complexity index is 1460. The maximum absolute atomic E-state index is 13.0. The van der Waals surface area contributed by atoms with Gasteiger partial charge in [-0.15, -0.1) is 0 Å². The zero-order valence-electron chi connectivity index (χ0n) is 18.4. The summed E-state index contributed by atoms with van der Waals surface area (Å²) < 4.78 is 5.81.